The van der Waals surface area contributed by atoms with Crippen LogP contribution in [-0.4, -0.2) is 29.0 Å². The van der Waals surface area contributed by atoms with Crippen LogP contribution in [0.4, 0.5) is 5.82 Å². The molecular formula is C23H27N3O5. The highest BCUT2D eigenvalue weighted by atomic mass is 16.5. The molecule has 0 amide bonds. The van der Waals surface area contributed by atoms with Gasteiger partial charge in [-0.1, -0.05) is 19.9 Å². The van der Waals surface area contributed by atoms with Gasteiger partial charge in [0.1, 0.15) is 5.82 Å². The molecule has 1 aliphatic heterocycles. The highest BCUT2D eigenvalue weighted by molar-refractivity contribution is 6.01. The number of ether oxygens (including phenoxy) is 2. The first-order chi connectivity index (χ1) is 14.6. The number of hydrogen-bond acceptors (Lipinski definition) is 6. The van der Waals surface area contributed by atoms with Gasteiger partial charge in [-0.05, 0) is 43.4 Å². The van der Waals surface area contributed by atoms with Gasteiger partial charge in [-0.3, -0.25) is 19.6 Å². The number of H-pyrrole nitrogens is 2. The number of ketones is 1. The quantitative estimate of drug-likeness (QED) is 0.694. The Kier molecular flexibility index (Phi) is 5.03. The summed E-state index contributed by atoms with van der Waals surface area (Å²) in [7, 11) is 1.55. The largest absolute Gasteiger partial charge is 0.493 e. The van der Waals surface area contributed by atoms with Gasteiger partial charge >= 0.3 is 5.69 Å². The second-order valence-electron chi connectivity index (χ2n) is 9.17. The lowest BCUT2D eigenvalue weighted by atomic mass is 9.69. The van der Waals surface area contributed by atoms with E-state index in [9.17, 15) is 14.4 Å². The summed E-state index contributed by atoms with van der Waals surface area (Å²) < 4.78 is 11.3. The van der Waals surface area contributed by atoms with E-state index in [2.05, 4.69) is 15.3 Å². The molecule has 2 heterocycles. The Morgan fingerprint density at radius 1 is 1.06 bits per heavy atom. The normalized spacial score (nSPS) is 19.5. The number of Topliss-reactive ketones (excluding diaryl/α,β-unsaturated/α-hetero) is 1. The number of aromatic amines is 2. The molecule has 1 atom stereocenters. The first kappa shape index (κ1) is 21.0. The molecule has 31 heavy (non-hydrogen) atoms. The van der Waals surface area contributed by atoms with Crippen molar-refractivity contribution < 1.29 is 14.3 Å². The van der Waals surface area contributed by atoms with E-state index in [0.717, 1.165) is 5.70 Å². The van der Waals surface area contributed by atoms with E-state index in [0.29, 0.717) is 46.9 Å². The molecule has 0 fully saturated rings. The Balaban J connectivity index is 1.95. The van der Waals surface area contributed by atoms with Crippen molar-refractivity contribution in [3.63, 3.8) is 0 Å². The fourth-order valence-electron chi connectivity index (χ4n) is 4.49. The van der Waals surface area contributed by atoms with Gasteiger partial charge in [0.25, 0.3) is 5.56 Å². The molecule has 164 valence electrons. The first-order valence-electron chi connectivity index (χ1n) is 10.3. The fourth-order valence-corrected chi connectivity index (χ4v) is 4.49. The lowest BCUT2D eigenvalue weighted by Gasteiger charge is -2.38. The minimum atomic E-state index is -0.627. The van der Waals surface area contributed by atoms with E-state index >= 15 is 0 Å². The molecule has 0 spiro atoms. The molecule has 0 saturated carbocycles. The molecule has 0 unspecified atom stereocenters. The van der Waals surface area contributed by atoms with E-state index < -0.39 is 17.2 Å². The minimum Gasteiger partial charge on any atom is -0.493 e. The molecular weight excluding hydrogens is 398 g/mol. The lowest BCUT2D eigenvalue weighted by molar-refractivity contribution is -0.118. The van der Waals surface area contributed by atoms with Crippen molar-refractivity contribution >= 4 is 11.6 Å². The maximum absolute atomic E-state index is 13.2. The number of methoxy groups -OCH3 is 1. The summed E-state index contributed by atoms with van der Waals surface area (Å²) >= 11 is 0. The number of rotatable bonds is 4. The highest BCUT2D eigenvalue weighted by Gasteiger charge is 2.42. The number of hydrogen-bond donors (Lipinski definition) is 3. The predicted molar refractivity (Wildman–Crippen MR) is 117 cm³/mol. The first-order valence-corrected chi connectivity index (χ1v) is 10.3. The number of anilines is 1. The van der Waals surface area contributed by atoms with Crippen molar-refractivity contribution in [2.45, 2.75) is 52.6 Å². The molecule has 0 saturated heterocycles. The summed E-state index contributed by atoms with van der Waals surface area (Å²) in [6.45, 7) is 7.91. The zero-order chi connectivity index (χ0) is 22.5. The number of fused-ring (bicyclic) bond motifs is 1. The Morgan fingerprint density at radius 2 is 1.81 bits per heavy atom. The standard InChI is InChI=1S/C23H27N3O5/c1-11(2)31-15-7-6-12(8-16(15)30-5)17-18-13(9-23(3,4)10-14(18)27)24-20-19(17)21(28)26-22(29)25-20/h6-8,11,17H,9-10H2,1-5H3,(H3,24,25,26,28,29)/t17-/m1/s1. The number of benzene rings is 1. The van der Waals surface area contributed by atoms with Gasteiger partial charge in [0.15, 0.2) is 17.3 Å². The SMILES string of the molecule is COc1cc([C@@H]2C3=C(CC(C)(C)CC3=O)Nc3[nH]c(=O)[nH]c(=O)c32)ccc1OC(C)C. The van der Waals surface area contributed by atoms with Crippen LogP contribution < -0.4 is 26.0 Å². The van der Waals surface area contributed by atoms with E-state index in [-0.39, 0.29) is 17.3 Å². The van der Waals surface area contributed by atoms with Crippen LogP contribution in [0.1, 0.15) is 57.6 Å². The molecule has 8 heteroatoms. The topological polar surface area (TPSA) is 113 Å². The Hall–Kier alpha value is -3.29. The summed E-state index contributed by atoms with van der Waals surface area (Å²) in [5, 5.41) is 3.16. The van der Waals surface area contributed by atoms with Crippen LogP contribution in [0.25, 0.3) is 0 Å². The molecule has 1 aliphatic carbocycles. The average molecular weight is 425 g/mol. The van der Waals surface area contributed by atoms with E-state index in [1.165, 1.54) is 0 Å². The summed E-state index contributed by atoms with van der Waals surface area (Å²) in [4.78, 5) is 43.0. The molecule has 0 radical (unpaired) electrons. The summed E-state index contributed by atoms with van der Waals surface area (Å²) in [5.41, 5.74) is 0.977. The van der Waals surface area contributed by atoms with Gasteiger partial charge in [0, 0.05) is 23.6 Å². The van der Waals surface area contributed by atoms with E-state index in [4.69, 9.17) is 9.47 Å². The van der Waals surface area contributed by atoms with Gasteiger partial charge < -0.3 is 14.8 Å². The fraction of sp³-hybridized carbons (Fsp3) is 0.435. The van der Waals surface area contributed by atoms with Gasteiger partial charge in [-0.2, -0.15) is 0 Å². The third kappa shape index (κ3) is 3.78. The van der Waals surface area contributed by atoms with Crippen molar-refractivity contribution in [3.05, 3.63) is 61.4 Å². The van der Waals surface area contributed by atoms with Gasteiger partial charge in [0.2, 0.25) is 0 Å². The number of carbonyl (C=O) groups excluding carboxylic acids is 1. The molecule has 2 aliphatic rings. The number of nitrogens with one attached hydrogen (secondary N) is 3. The molecule has 3 N–H and O–H groups in total. The number of carbonyl (C=O) groups is 1. The van der Waals surface area contributed by atoms with Crippen molar-refractivity contribution in [3.8, 4) is 11.5 Å². The van der Waals surface area contributed by atoms with Crippen LogP contribution >= 0.6 is 0 Å². The smallest absolute Gasteiger partial charge is 0.327 e. The Labute approximate surface area is 179 Å². The van der Waals surface area contributed by atoms with Crippen molar-refractivity contribution in [2.75, 3.05) is 12.4 Å². The number of allylic oxidation sites excluding steroid dienone is 2. The van der Waals surface area contributed by atoms with Gasteiger partial charge in [-0.15, -0.1) is 0 Å². The second-order valence-corrected chi connectivity index (χ2v) is 9.17. The minimum absolute atomic E-state index is 0.0125. The summed E-state index contributed by atoms with van der Waals surface area (Å²) in [5.74, 6) is 0.775. The molecule has 1 aromatic heterocycles. The third-order valence-corrected chi connectivity index (χ3v) is 5.64. The Bertz CT molecular complexity index is 1200. The summed E-state index contributed by atoms with van der Waals surface area (Å²) in [6, 6.07) is 5.41. The van der Waals surface area contributed by atoms with Crippen LogP contribution in [0.2, 0.25) is 0 Å². The third-order valence-electron chi connectivity index (χ3n) is 5.64. The Morgan fingerprint density at radius 3 is 2.48 bits per heavy atom. The average Bonchev–Trinajstić information content (AvgIpc) is 2.65. The lowest BCUT2D eigenvalue weighted by Crippen LogP contribution is -2.38. The van der Waals surface area contributed by atoms with Crippen molar-refractivity contribution in [2.24, 2.45) is 5.41 Å². The van der Waals surface area contributed by atoms with Gasteiger partial charge in [0.05, 0.1) is 18.8 Å². The monoisotopic (exact) mass is 425 g/mol. The van der Waals surface area contributed by atoms with Crippen LogP contribution in [0.15, 0.2) is 39.1 Å². The molecule has 0 bridgehead atoms. The highest BCUT2D eigenvalue weighted by Crippen LogP contribution is 2.48. The van der Waals surface area contributed by atoms with Crippen LogP contribution in [0, 0.1) is 5.41 Å². The molecule has 1 aromatic carbocycles. The number of aromatic nitrogens is 2. The zero-order valence-corrected chi connectivity index (χ0v) is 18.3. The van der Waals surface area contributed by atoms with Crippen molar-refractivity contribution in [1.29, 1.82) is 0 Å². The zero-order valence-electron chi connectivity index (χ0n) is 18.3. The van der Waals surface area contributed by atoms with Gasteiger partial charge in [-0.25, -0.2) is 4.79 Å². The van der Waals surface area contributed by atoms with Crippen molar-refractivity contribution in [1.82, 2.24) is 9.97 Å². The maximum atomic E-state index is 13.2. The summed E-state index contributed by atoms with van der Waals surface area (Å²) in [6.07, 6.45) is 0.973. The maximum Gasteiger partial charge on any atom is 0.327 e. The molecule has 2 aromatic rings. The predicted octanol–water partition coefficient (Wildman–Crippen LogP) is 3.06. The van der Waals surface area contributed by atoms with Crippen LogP contribution in [0.3, 0.4) is 0 Å². The van der Waals surface area contributed by atoms with Crippen LogP contribution in [-0.2, 0) is 4.79 Å². The molecule has 8 nitrogen and oxygen atoms in total. The molecule has 4 rings (SSSR count). The second kappa shape index (κ2) is 7.44. The van der Waals surface area contributed by atoms with E-state index in [1.807, 2.05) is 33.8 Å². The van der Waals surface area contributed by atoms with E-state index in [1.54, 1.807) is 19.2 Å². The van der Waals surface area contributed by atoms with Crippen LogP contribution in [0.5, 0.6) is 11.5 Å².